The van der Waals surface area contributed by atoms with Crippen molar-refractivity contribution in [1.29, 1.82) is 0 Å². The molecule has 4 aliphatic rings. The van der Waals surface area contributed by atoms with Gasteiger partial charge >= 0.3 is 59.4 Å². The molecule has 91 heavy (non-hydrogen) atoms. The number of amides is 1. The first-order chi connectivity index (χ1) is 41.4. The number of carboxylic acid groups (broad SMARTS) is 1. The third-order valence-electron chi connectivity index (χ3n) is 21.3. The molecule has 0 aliphatic heterocycles. The SMILES string of the molecule is CCC1CC(C)(C)CC(C)(CCC(=O)OCCC(C)C(=O)CC2CC(C)(C)CC(C)(CCC(=O)OCCC(C)C(=O)CC3CC(C)(C)CC(C)(CCC(=O)OCCC(C)C(=O)NC4CC(C)(C)CC(C)(CCC(=O)OCC(C)(COC(C)=O)C(=O)[O-])C4)C3)C2)C1.[Na+]. The van der Waals surface area contributed by atoms with Crippen molar-refractivity contribution in [1.82, 2.24) is 5.32 Å². The molecule has 1 N–H and O–H groups in total. The summed E-state index contributed by atoms with van der Waals surface area (Å²) in [5.41, 5.74) is -2.03. The summed E-state index contributed by atoms with van der Waals surface area (Å²) in [6.45, 7) is 36.8. The van der Waals surface area contributed by atoms with Gasteiger partial charge in [-0.1, -0.05) is 117 Å². The van der Waals surface area contributed by atoms with E-state index < -0.39 is 42.5 Å². The minimum absolute atomic E-state index is 0. The molecule has 516 valence electrons. The van der Waals surface area contributed by atoms with Crippen LogP contribution in [-0.4, -0.2) is 92.4 Å². The Morgan fingerprint density at radius 2 is 0.780 bits per heavy atom. The molecule has 0 aromatic carbocycles. The van der Waals surface area contributed by atoms with E-state index in [4.69, 9.17) is 23.7 Å². The van der Waals surface area contributed by atoms with Crippen molar-refractivity contribution >= 4 is 53.3 Å². The quantitative estimate of drug-likeness (QED) is 0.0353. The molecule has 1 amide bonds. The minimum Gasteiger partial charge on any atom is -0.549 e. The van der Waals surface area contributed by atoms with Gasteiger partial charge in [0.2, 0.25) is 5.91 Å². The molecule has 0 spiro atoms. The van der Waals surface area contributed by atoms with Gasteiger partial charge in [-0.3, -0.25) is 38.4 Å². The zero-order valence-electron chi connectivity index (χ0n) is 60.6. The van der Waals surface area contributed by atoms with E-state index >= 15 is 0 Å². The first-order valence-electron chi connectivity index (χ1n) is 34.7. The van der Waals surface area contributed by atoms with Crippen molar-refractivity contribution in [2.75, 3.05) is 33.0 Å². The van der Waals surface area contributed by atoms with Crippen molar-refractivity contribution in [3.8, 4) is 0 Å². The Balaban J connectivity index is 0.0000216. The van der Waals surface area contributed by atoms with Crippen molar-refractivity contribution in [3.63, 3.8) is 0 Å². The molecule has 0 saturated heterocycles. The van der Waals surface area contributed by atoms with Gasteiger partial charge in [0.15, 0.2) is 0 Å². The number of hydrogen-bond donors (Lipinski definition) is 1. The van der Waals surface area contributed by atoms with E-state index in [2.05, 4.69) is 95.3 Å². The molecule has 4 aliphatic carbocycles. The van der Waals surface area contributed by atoms with Crippen LogP contribution in [0.5, 0.6) is 0 Å². The zero-order valence-corrected chi connectivity index (χ0v) is 62.6. The average Bonchev–Trinajstić information content (AvgIpc) is 1.33. The zero-order chi connectivity index (χ0) is 67.9. The van der Waals surface area contributed by atoms with Crippen LogP contribution in [0.3, 0.4) is 0 Å². The summed E-state index contributed by atoms with van der Waals surface area (Å²) >= 11 is 0. The minimum atomic E-state index is -1.69. The molecule has 0 aromatic rings. The van der Waals surface area contributed by atoms with Gasteiger partial charge in [-0.25, -0.2) is 0 Å². The number of carbonyl (C=O) groups excluding carboxylic acids is 9. The molecule has 0 bridgehead atoms. The fourth-order valence-corrected chi connectivity index (χ4v) is 18.0. The van der Waals surface area contributed by atoms with Gasteiger partial charge in [0.05, 0.1) is 31.2 Å². The Hall–Kier alpha value is -3.37. The Morgan fingerprint density at radius 1 is 0.462 bits per heavy atom. The summed E-state index contributed by atoms with van der Waals surface area (Å²) in [6.07, 6.45) is 18.1. The number of Topliss-reactive ketones (excluding diaryl/α,β-unsaturated/α-hetero) is 2. The van der Waals surface area contributed by atoms with Crippen LogP contribution in [0.2, 0.25) is 0 Å². The molecule has 12 unspecified atom stereocenters. The second-order valence-corrected chi connectivity index (χ2v) is 34.8. The maximum absolute atomic E-state index is 13.8. The summed E-state index contributed by atoms with van der Waals surface area (Å²) in [5, 5.41) is 15.0. The van der Waals surface area contributed by atoms with Crippen LogP contribution >= 0.6 is 0 Å². The van der Waals surface area contributed by atoms with Crippen LogP contribution in [0, 0.1) is 84.2 Å². The van der Waals surface area contributed by atoms with E-state index in [1.807, 2.05) is 20.8 Å². The standard InChI is InChI=1S/C74H125NO15.Na/c1-19-54-36-66(6,7)44-70(14,39-54)27-20-60(79)86-31-24-50(2)58(77)34-55-37-67(8,9)45-71(15,40-55)28-21-61(80)87-32-25-51(3)59(78)35-56-38-68(10,11)46-72(16,41-56)29-22-62(81)88-33-26-52(4)64(83)75-57-42-69(12,13)47-73(17,43-57)30-23-63(82)90-49-74(18,65(84)85)48-89-53(5)76;/h50-52,54-57H,19-49H2,1-18H3,(H,75,83)(H,84,85);/q;+1/p-1. The van der Waals surface area contributed by atoms with Gasteiger partial charge in [0.25, 0.3) is 0 Å². The third kappa shape index (κ3) is 28.9. The van der Waals surface area contributed by atoms with E-state index in [1.165, 1.54) is 19.8 Å². The van der Waals surface area contributed by atoms with Crippen LogP contribution in [0.1, 0.15) is 292 Å². The molecule has 0 aromatic heterocycles. The Labute approximate surface area is 571 Å². The van der Waals surface area contributed by atoms with E-state index in [0.717, 1.165) is 77.6 Å². The van der Waals surface area contributed by atoms with Crippen molar-refractivity contribution in [3.05, 3.63) is 0 Å². The number of ketones is 2. The number of esters is 5. The Bertz CT molecular complexity index is 2470. The monoisotopic (exact) mass is 1290 g/mol. The molecule has 12 atom stereocenters. The summed E-state index contributed by atoms with van der Waals surface area (Å²) in [4.78, 5) is 116. The molecular weight excluding hydrogens is 1170 g/mol. The summed E-state index contributed by atoms with van der Waals surface area (Å²) in [6, 6.07) is -0.146. The maximum Gasteiger partial charge on any atom is 1.00 e. The molecular formula is C74H124NNaO15. The van der Waals surface area contributed by atoms with Gasteiger partial charge in [0.1, 0.15) is 24.8 Å². The molecule has 17 heteroatoms. The predicted octanol–water partition coefficient (Wildman–Crippen LogP) is 11.2. The number of carboxylic acids is 1. The van der Waals surface area contributed by atoms with Crippen LogP contribution < -0.4 is 40.0 Å². The van der Waals surface area contributed by atoms with Crippen molar-refractivity contribution in [2.45, 2.75) is 298 Å². The number of nitrogens with one attached hydrogen (secondary N) is 1. The van der Waals surface area contributed by atoms with E-state index in [-0.39, 0.29) is 177 Å². The van der Waals surface area contributed by atoms with Gasteiger partial charge in [0, 0.05) is 69.2 Å². The fraction of sp³-hybridized carbons (Fsp3) is 0.878. The van der Waals surface area contributed by atoms with Crippen LogP contribution in [0.15, 0.2) is 0 Å². The van der Waals surface area contributed by atoms with Gasteiger partial charge < -0.3 is 38.9 Å². The molecule has 4 rings (SSSR count). The maximum atomic E-state index is 13.8. The Morgan fingerprint density at radius 3 is 1.14 bits per heavy atom. The van der Waals surface area contributed by atoms with Crippen LogP contribution in [0.4, 0.5) is 0 Å². The Kier molecular flexibility index (Phi) is 31.1. The third-order valence-corrected chi connectivity index (χ3v) is 21.3. The van der Waals surface area contributed by atoms with E-state index in [0.29, 0.717) is 70.1 Å². The summed E-state index contributed by atoms with van der Waals surface area (Å²) in [5.74, 6) is -3.06. The summed E-state index contributed by atoms with van der Waals surface area (Å²) in [7, 11) is 0. The van der Waals surface area contributed by atoms with Crippen LogP contribution in [0.25, 0.3) is 0 Å². The predicted molar refractivity (Wildman–Crippen MR) is 347 cm³/mol. The normalized spacial score (nSPS) is 29.0. The fourth-order valence-electron chi connectivity index (χ4n) is 18.0. The molecule has 4 saturated carbocycles. The number of hydrogen-bond acceptors (Lipinski definition) is 15. The first kappa shape index (κ1) is 81.9. The largest absolute Gasteiger partial charge is 1.00 e. The van der Waals surface area contributed by atoms with Gasteiger partial charge in [-0.2, -0.15) is 0 Å². The number of ether oxygens (including phenoxy) is 5. The van der Waals surface area contributed by atoms with Crippen LogP contribution in [-0.2, 0) is 66.8 Å². The molecule has 0 radical (unpaired) electrons. The van der Waals surface area contributed by atoms with E-state index in [1.54, 1.807) is 0 Å². The smallest absolute Gasteiger partial charge is 0.549 e. The second-order valence-electron chi connectivity index (χ2n) is 34.8. The second kappa shape index (κ2) is 34.5. The number of rotatable bonds is 35. The average molecular weight is 1290 g/mol. The van der Waals surface area contributed by atoms with Gasteiger partial charge in [-0.15, -0.1) is 0 Å². The van der Waals surface area contributed by atoms with E-state index in [9.17, 15) is 48.3 Å². The molecule has 4 fully saturated rings. The summed E-state index contributed by atoms with van der Waals surface area (Å²) < 4.78 is 27.4. The number of aliphatic carboxylic acids is 1. The van der Waals surface area contributed by atoms with Crippen molar-refractivity contribution < 1.29 is 101 Å². The first-order valence-corrected chi connectivity index (χ1v) is 34.7. The number of carbonyl (C=O) groups is 9. The van der Waals surface area contributed by atoms with Crippen molar-refractivity contribution in [2.24, 2.45) is 84.2 Å². The molecule has 16 nitrogen and oxygen atoms in total. The molecule has 0 heterocycles. The van der Waals surface area contributed by atoms with Gasteiger partial charge in [-0.05, 0) is 190 Å². The topological polar surface area (TPSA) is 235 Å².